The van der Waals surface area contributed by atoms with Crippen LogP contribution >= 0.6 is 24.0 Å². The lowest BCUT2D eigenvalue weighted by Gasteiger charge is -2.36. The van der Waals surface area contributed by atoms with Gasteiger partial charge in [-0.2, -0.15) is 0 Å². The molecular formula is C14H26IN7O2. The normalized spacial score (nSPS) is 15.9. The molecule has 1 aromatic heterocycles. The van der Waals surface area contributed by atoms with Gasteiger partial charge < -0.3 is 24.8 Å². The Labute approximate surface area is 159 Å². The van der Waals surface area contributed by atoms with Crippen molar-refractivity contribution in [3.05, 3.63) is 12.2 Å². The Bertz CT molecular complexity index is 574. The van der Waals surface area contributed by atoms with Crippen LogP contribution in [0, 0.1) is 0 Å². The highest BCUT2D eigenvalue weighted by Gasteiger charge is 2.26. The summed E-state index contributed by atoms with van der Waals surface area (Å²) < 4.78 is 7.17. The monoisotopic (exact) mass is 451 g/mol. The SMILES string of the molecule is Cn1cnnc1CN=C(N)N1CCN(C(=O)OC(C)(C)C)CC1.I. The third-order valence-corrected chi connectivity index (χ3v) is 3.44. The van der Waals surface area contributed by atoms with Crippen molar-refractivity contribution in [2.24, 2.45) is 17.8 Å². The molecule has 1 fully saturated rings. The Balaban J connectivity index is 0.00000288. The molecule has 0 saturated carbocycles. The van der Waals surface area contributed by atoms with E-state index < -0.39 is 5.60 Å². The summed E-state index contributed by atoms with van der Waals surface area (Å²) in [5.41, 5.74) is 5.54. The van der Waals surface area contributed by atoms with Gasteiger partial charge in [0.05, 0.1) is 0 Å². The molecule has 0 spiro atoms. The maximum Gasteiger partial charge on any atom is 0.410 e. The van der Waals surface area contributed by atoms with Gasteiger partial charge in [-0.05, 0) is 20.8 Å². The molecule has 9 nitrogen and oxygen atoms in total. The van der Waals surface area contributed by atoms with Gasteiger partial charge in [-0.3, -0.25) is 0 Å². The van der Waals surface area contributed by atoms with Gasteiger partial charge in [-0.1, -0.05) is 0 Å². The standard InChI is InChI=1S/C14H25N7O2.HI/c1-14(2,3)23-13(22)21-7-5-20(6-8-21)12(15)16-9-11-18-17-10-19(11)4;/h10H,5-9H2,1-4H3,(H2,15,16);1H. The molecule has 1 aliphatic rings. The number of halogens is 1. The van der Waals surface area contributed by atoms with E-state index >= 15 is 0 Å². The first-order valence-electron chi connectivity index (χ1n) is 7.62. The first kappa shape index (κ1) is 20.5. The van der Waals surface area contributed by atoms with E-state index in [2.05, 4.69) is 15.2 Å². The molecule has 136 valence electrons. The smallest absolute Gasteiger partial charge is 0.410 e. The number of amides is 1. The van der Waals surface area contributed by atoms with Crippen LogP contribution in [-0.4, -0.2) is 68.4 Å². The molecule has 0 radical (unpaired) electrons. The van der Waals surface area contributed by atoms with Crippen LogP contribution in [0.3, 0.4) is 0 Å². The van der Waals surface area contributed by atoms with Crippen LogP contribution in [0.25, 0.3) is 0 Å². The molecule has 0 atom stereocenters. The number of guanidine groups is 1. The third-order valence-electron chi connectivity index (χ3n) is 3.44. The zero-order chi connectivity index (χ0) is 17.0. The number of aliphatic imine (C=N–C) groups is 1. The van der Waals surface area contributed by atoms with E-state index in [0.29, 0.717) is 38.7 Å². The molecule has 0 bridgehead atoms. The van der Waals surface area contributed by atoms with E-state index in [4.69, 9.17) is 10.5 Å². The molecule has 2 N–H and O–H groups in total. The predicted octanol–water partition coefficient (Wildman–Crippen LogP) is 0.800. The average Bonchev–Trinajstić information content (AvgIpc) is 2.88. The van der Waals surface area contributed by atoms with Crippen molar-refractivity contribution in [2.45, 2.75) is 32.9 Å². The minimum atomic E-state index is -0.481. The lowest BCUT2D eigenvalue weighted by molar-refractivity contribution is 0.0186. The van der Waals surface area contributed by atoms with Crippen LogP contribution < -0.4 is 5.73 Å². The van der Waals surface area contributed by atoms with Gasteiger partial charge in [0, 0.05) is 33.2 Å². The molecular weight excluding hydrogens is 425 g/mol. The van der Waals surface area contributed by atoms with Gasteiger partial charge in [-0.25, -0.2) is 9.79 Å². The van der Waals surface area contributed by atoms with Gasteiger partial charge in [0.15, 0.2) is 11.8 Å². The first-order chi connectivity index (χ1) is 10.8. The van der Waals surface area contributed by atoms with E-state index in [0.717, 1.165) is 5.82 Å². The Morgan fingerprint density at radius 1 is 1.29 bits per heavy atom. The van der Waals surface area contributed by atoms with Gasteiger partial charge in [0.2, 0.25) is 0 Å². The van der Waals surface area contributed by atoms with E-state index in [1.807, 2.05) is 32.7 Å². The van der Waals surface area contributed by atoms with Gasteiger partial charge in [0.25, 0.3) is 0 Å². The quantitative estimate of drug-likeness (QED) is 0.406. The number of aromatic nitrogens is 3. The number of carbonyl (C=O) groups is 1. The molecule has 2 rings (SSSR count). The number of hydrogen-bond acceptors (Lipinski definition) is 5. The van der Waals surface area contributed by atoms with Crippen molar-refractivity contribution >= 4 is 36.0 Å². The van der Waals surface area contributed by atoms with Crippen molar-refractivity contribution in [2.75, 3.05) is 26.2 Å². The van der Waals surface area contributed by atoms with Gasteiger partial charge >= 0.3 is 6.09 Å². The number of aryl methyl sites for hydroxylation is 1. The third kappa shape index (κ3) is 5.80. The van der Waals surface area contributed by atoms with Crippen LogP contribution in [0.4, 0.5) is 4.79 Å². The second-order valence-electron chi connectivity index (χ2n) is 6.49. The maximum absolute atomic E-state index is 12.0. The molecule has 0 aromatic carbocycles. The fourth-order valence-corrected chi connectivity index (χ4v) is 2.15. The molecule has 1 aliphatic heterocycles. The van der Waals surface area contributed by atoms with E-state index in [-0.39, 0.29) is 30.1 Å². The number of hydrogen-bond donors (Lipinski definition) is 1. The zero-order valence-electron chi connectivity index (χ0n) is 14.6. The first-order valence-corrected chi connectivity index (χ1v) is 7.62. The molecule has 1 amide bonds. The minimum absolute atomic E-state index is 0. The predicted molar refractivity (Wildman–Crippen MR) is 101 cm³/mol. The largest absolute Gasteiger partial charge is 0.444 e. The fraction of sp³-hybridized carbons (Fsp3) is 0.714. The van der Waals surface area contributed by atoms with Crippen molar-refractivity contribution in [3.8, 4) is 0 Å². The van der Waals surface area contributed by atoms with Crippen LogP contribution in [0.1, 0.15) is 26.6 Å². The Morgan fingerprint density at radius 3 is 2.38 bits per heavy atom. The summed E-state index contributed by atoms with van der Waals surface area (Å²) in [5, 5.41) is 7.77. The Kier molecular flexibility index (Phi) is 7.24. The van der Waals surface area contributed by atoms with Gasteiger partial charge in [-0.15, -0.1) is 34.2 Å². The van der Waals surface area contributed by atoms with E-state index in [1.165, 1.54) is 0 Å². The van der Waals surface area contributed by atoms with Crippen molar-refractivity contribution in [1.82, 2.24) is 24.6 Å². The van der Waals surface area contributed by atoms with Crippen molar-refractivity contribution in [3.63, 3.8) is 0 Å². The number of nitrogens with zero attached hydrogens (tertiary/aromatic N) is 6. The minimum Gasteiger partial charge on any atom is -0.444 e. The number of rotatable bonds is 2. The topological polar surface area (TPSA) is 102 Å². The highest BCUT2D eigenvalue weighted by atomic mass is 127. The second-order valence-corrected chi connectivity index (χ2v) is 6.49. The molecule has 10 heteroatoms. The highest BCUT2D eigenvalue weighted by molar-refractivity contribution is 14.0. The van der Waals surface area contributed by atoms with Crippen LogP contribution in [0.5, 0.6) is 0 Å². The second kappa shape index (κ2) is 8.49. The molecule has 0 aliphatic carbocycles. The molecule has 1 aromatic rings. The summed E-state index contributed by atoms with van der Waals surface area (Å²) >= 11 is 0. The fourth-order valence-electron chi connectivity index (χ4n) is 2.15. The Morgan fingerprint density at radius 2 is 1.88 bits per heavy atom. The molecule has 1 saturated heterocycles. The lowest BCUT2D eigenvalue weighted by Crippen LogP contribution is -2.53. The molecule has 0 unspecified atom stereocenters. The van der Waals surface area contributed by atoms with Crippen molar-refractivity contribution in [1.29, 1.82) is 0 Å². The summed E-state index contributed by atoms with van der Waals surface area (Å²) in [5.74, 6) is 1.21. The highest BCUT2D eigenvalue weighted by Crippen LogP contribution is 2.11. The zero-order valence-corrected chi connectivity index (χ0v) is 16.9. The Hall–Kier alpha value is -1.59. The van der Waals surface area contributed by atoms with Gasteiger partial charge in [0.1, 0.15) is 18.5 Å². The van der Waals surface area contributed by atoms with E-state index in [1.54, 1.807) is 15.8 Å². The summed E-state index contributed by atoms with van der Waals surface area (Å²) in [6.45, 7) is 8.36. The number of nitrogens with two attached hydrogens (primary N) is 1. The number of ether oxygens (including phenoxy) is 1. The number of carbonyl (C=O) groups excluding carboxylic acids is 1. The summed E-state index contributed by atoms with van der Waals surface area (Å²) in [6.07, 6.45) is 1.34. The van der Waals surface area contributed by atoms with Crippen LogP contribution in [-0.2, 0) is 18.3 Å². The number of piperazine rings is 1. The summed E-state index contributed by atoms with van der Waals surface area (Å²) in [4.78, 5) is 20.0. The summed E-state index contributed by atoms with van der Waals surface area (Å²) in [6, 6.07) is 0. The maximum atomic E-state index is 12.0. The van der Waals surface area contributed by atoms with Crippen LogP contribution in [0.2, 0.25) is 0 Å². The van der Waals surface area contributed by atoms with Crippen LogP contribution in [0.15, 0.2) is 11.3 Å². The average molecular weight is 451 g/mol. The van der Waals surface area contributed by atoms with E-state index in [9.17, 15) is 4.79 Å². The summed E-state index contributed by atoms with van der Waals surface area (Å²) in [7, 11) is 1.86. The van der Waals surface area contributed by atoms with Crippen molar-refractivity contribution < 1.29 is 9.53 Å². The lowest BCUT2D eigenvalue weighted by atomic mass is 10.2. The molecule has 24 heavy (non-hydrogen) atoms. The molecule has 2 heterocycles.